The molecule has 0 aliphatic heterocycles. The number of rotatable bonds is 7. The summed E-state index contributed by atoms with van der Waals surface area (Å²) in [6, 6.07) is 11.6. The van der Waals surface area contributed by atoms with Crippen LogP contribution in [0.3, 0.4) is 0 Å². The lowest BCUT2D eigenvalue weighted by molar-refractivity contribution is 0.277. The normalized spacial score (nSPS) is 11.2. The van der Waals surface area contributed by atoms with Crippen molar-refractivity contribution in [2.24, 2.45) is 0 Å². The van der Waals surface area contributed by atoms with Gasteiger partial charge in [-0.25, -0.2) is 19.2 Å². The largest absolute Gasteiger partial charge is 0.496 e. The van der Waals surface area contributed by atoms with Crippen LogP contribution < -0.4 is 4.74 Å². The number of aromatic nitrogens is 6. The van der Waals surface area contributed by atoms with Crippen LogP contribution in [0.15, 0.2) is 48.8 Å². The number of aryl methyl sites for hydroxylation is 1. The summed E-state index contributed by atoms with van der Waals surface area (Å²) in [4.78, 5) is 9.13. The van der Waals surface area contributed by atoms with Crippen molar-refractivity contribution < 1.29 is 9.84 Å². The predicted octanol–water partition coefficient (Wildman–Crippen LogP) is 1.97. The second kappa shape index (κ2) is 7.55. The Hall–Kier alpha value is -3.26. The van der Waals surface area contributed by atoms with E-state index in [4.69, 9.17) is 9.72 Å². The zero-order valence-corrected chi connectivity index (χ0v) is 15.0. The van der Waals surface area contributed by atoms with Crippen molar-refractivity contribution in [2.75, 3.05) is 13.7 Å². The molecule has 0 bridgehead atoms. The standard InChI is InChI=1S/C19H20N6O2/c1-27-16-7-3-2-6-14(16)12-17-22-19(24(23-17)10-5-11-26)15-13-20-18-8-4-9-21-25(15)18/h2-4,6-9,13,26H,5,10-12H2,1H3. The first-order valence-corrected chi connectivity index (χ1v) is 8.75. The lowest BCUT2D eigenvalue weighted by Gasteiger charge is -2.05. The number of aliphatic hydroxyl groups excluding tert-OH is 1. The molecule has 4 rings (SSSR count). The van der Waals surface area contributed by atoms with Crippen molar-refractivity contribution in [3.63, 3.8) is 0 Å². The molecule has 4 aromatic rings. The van der Waals surface area contributed by atoms with E-state index in [1.54, 1.807) is 28.7 Å². The smallest absolute Gasteiger partial charge is 0.178 e. The van der Waals surface area contributed by atoms with Crippen LogP contribution in [-0.2, 0) is 13.0 Å². The lowest BCUT2D eigenvalue weighted by atomic mass is 10.1. The molecule has 0 aliphatic rings. The van der Waals surface area contributed by atoms with Crippen molar-refractivity contribution in [3.8, 4) is 17.3 Å². The van der Waals surface area contributed by atoms with Crippen molar-refractivity contribution in [3.05, 3.63) is 60.2 Å². The summed E-state index contributed by atoms with van der Waals surface area (Å²) in [7, 11) is 1.65. The zero-order chi connectivity index (χ0) is 18.6. The van der Waals surface area contributed by atoms with Gasteiger partial charge in [-0.2, -0.15) is 10.2 Å². The molecular formula is C19H20N6O2. The number of fused-ring (bicyclic) bond motifs is 1. The minimum absolute atomic E-state index is 0.0898. The topological polar surface area (TPSA) is 90.4 Å². The van der Waals surface area contributed by atoms with Gasteiger partial charge in [0, 0.05) is 31.3 Å². The van der Waals surface area contributed by atoms with E-state index < -0.39 is 0 Å². The van der Waals surface area contributed by atoms with Gasteiger partial charge in [-0.3, -0.25) is 0 Å². The van der Waals surface area contributed by atoms with Crippen LogP contribution in [0, 0.1) is 0 Å². The van der Waals surface area contributed by atoms with Gasteiger partial charge in [-0.15, -0.1) is 0 Å². The van der Waals surface area contributed by atoms with Crippen LogP contribution in [0.1, 0.15) is 17.8 Å². The van der Waals surface area contributed by atoms with Crippen molar-refractivity contribution in [1.29, 1.82) is 0 Å². The lowest BCUT2D eigenvalue weighted by Crippen LogP contribution is -2.06. The molecule has 1 N–H and O–H groups in total. The molecule has 1 aromatic carbocycles. The van der Waals surface area contributed by atoms with Gasteiger partial charge in [0.15, 0.2) is 17.3 Å². The highest BCUT2D eigenvalue weighted by atomic mass is 16.5. The Balaban J connectivity index is 1.75. The van der Waals surface area contributed by atoms with E-state index in [0.29, 0.717) is 31.0 Å². The first kappa shape index (κ1) is 17.2. The van der Waals surface area contributed by atoms with Gasteiger partial charge < -0.3 is 9.84 Å². The molecule has 0 saturated heterocycles. The molecule has 0 atom stereocenters. The summed E-state index contributed by atoms with van der Waals surface area (Å²) in [6.07, 6.45) is 4.60. The molecule has 0 fully saturated rings. The maximum atomic E-state index is 9.22. The third-order valence-electron chi connectivity index (χ3n) is 4.29. The number of aliphatic hydroxyl groups is 1. The summed E-state index contributed by atoms with van der Waals surface area (Å²) in [5.74, 6) is 2.17. The number of para-hydroxylation sites is 1. The van der Waals surface area contributed by atoms with E-state index >= 15 is 0 Å². The third-order valence-corrected chi connectivity index (χ3v) is 4.29. The predicted molar refractivity (Wildman–Crippen MR) is 99.5 cm³/mol. The first-order chi connectivity index (χ1) is 13.3. The Bertz CT molecular complexity index is 1060. The number of benzene rings is 1. The first-order valence-electron chi connectivity index (χ1n) is 8.75. The molecule has 8 heteroatoms. The molecule has 0 amide bonds. The minimum atomic E-state index is 0.0898. The van der Waals surface area contributed by atoms with Gasteiger partial charge in [0.2, 0.25) is 0 Å². The molecule has 0 radical (unpaired) electrons. The van der Waals surface area contributed by atoms with Gasteiger partial charge >= 0.3 is 0 Å². The van der Waals surface area contributed by atoms with E-state index in [-0.39, 0.29) is 6.61 Å². The van der Waals surface area contributed by atoms with Gasteiger partial charge in [-0.1, -0.05) is 18.2 Å². The van der Waals surface area contributed by atoms with E-state index in [2.05, 4.69) is 15.2 Å². The number of nitrogens with zero attached hydrogens (tertiary/aromatic N) is 6. The fourth-order valence-electron chi connectivity index (χ4n) is 3.03. The number of hydrogen-bond acceptors (Lipinski definition) is 6. The second-order valence-corrected chi connectivity index (χ2v) is 6.08. The zero-order valence-electron chi connectivity index (χ0n) is 15.0. The Morgan fingerprint density at radius 1 is 1.15 bits per heavy atom. The summed E-state index contributed by atoms with van der Waals surface area (Å²) in [5.41, 5.74) is 2.53. The van der Waals surface area contributed by atoms with Crippen LogP contribution in [0.25, 0.3) is 17.2 Å². The summed E-state index contributed by atoms with van der Waals surface area (Å²) in [6.45, 7) is 0.650. The van der Waals surface area contributed by atoms with Crippen LogP contribution in [-0.4, -0.2) is 48.2 Å². The molecular weight excluding hydrogens is 344 g/mol. The van der Waals surface area contributed by atoms with Crippen LogP contribution in [0.5, 0.6) is 5.75 Å². The van der Waals surface area contributed by atoms with Gasteiger partial charge in [0.25, 0.3) is 0 Å². The number of ether oxygens (including phenoxy) is 1. The third kappa shape index (κ3) is 3.39. The quantitative estimate of drug-likeness (QED) is 0.539. The molecule has 8 nitrogen and oxygen atoms in total. The second-order valence-electron chi connectivity index (χ2n) is 6.08. The molecule has 3 aromatic heterocycles. The Morgan fingerprint density at radius 2 is 2.04 bits per heavy atom. The number of methoxy groups -OCH3 is 1. The van der Waals surface area contributed by atoms with Gasteiger partial charge in [-0.05, 0) is 24.6 Å². The van der Waals surface area contributed by atoms with E-state index in [1.165, 1.54) is 0 Å². The minimum Gasteiger partial charge on any atom is -0.496 e. The number of hydrogen-bond donors (Lipinski definition) is 1. The van der Waals surface area contributed by atoms with Crippen LogP contribution in [0.2, 0.25) is 0 Å². The SMILES string of the molecule is COc1ccccc1Cc1nc(-c2cnc3cccnn23)n(CCCO)n1. The Kier molecular flexibility index (Phi) is 4.80. The molecule has 0 spiro atoms. The van der Waals surface area contributed by atoms with Gasteiger partial charge in [0.05, 0.1) is 13.3 Å². The fraction of sp³-hybridized carbons (Fsp3) is 0.263. The van der Waals surface area contributed by atoms with E-state index in [9.17, 15) is 5.11 Å². The average molecular weight is 364 g/mol. The molecule has 3 heterocycles. The molecule has 0 saturated carbocycles. The Morgan fingerprint density at radius 3 is 2.89 bits per heavy atom. The summed E-state index contributed by atoms with van der Waals surface area (Å²) >= 11 is 0. The average Bonchev–Trinajstić information content (AvgIpc) is 3.30. The molecule has 27 heavy (non-hydrogen) atoms. The summed E-state index contributed by atoms with van der Waals surface area (Å²) in [5, 5.41) is 18.2. The van der Waals surface area contributed by atoms with Crippen LogP contribution >= 0.6 is 0 Å². The highest BCUT2D eigenvalue weighted by Crippen LogP contribution is 2.23. The van der Waals surface area contributed by atoms with Crippen molar-refractivity contribution >= 4 is 5.65 Å². The number of imidazole rings is 1. The van der Waals surface area contributed by atoms with Gasteiger partial charge in [0.1, 0.15) is 11.4 Å². The summed E-state index contributed by atoms with van der Waals surface area (Å²) < 4.78 is 8.98. The highest BCUT2D eigenvalue weighted by Gasteiger charge is 2.17. The maximum Gasteiger partial charge on any atom is 0.178 e. The van der Waals surface area contributed by atoms with E-state index in [1.807, 2.05) is 36.4 Å². The Labute approximate surface area is 156 Å². The van der Waals surface area contributed by atoms with E-state index in [0.717, 1.165) is 22.7 Å². The monoisotopic (exact) mass is 364 g/mol. The maximum absolute atomic E-state index is 9.22. The fourth-order valence-corrected chi connectivity index (χ4v) is 3.03. The molecule has 0 aliphatic carbocycles. The highest BCUT2D eigenvalue weighted by molar-refractivity contribution is 5.56. The molecule has 0 unspecified atom stereocenters. The molecule has 138 valence electrons. The van der Waals surface area contributed by atoms with Crippen LogP contribution in [0.4, 0.5) is 0 Å². The van der Waals surface area contributed by atoms with Crippen molar-refractivity contribution in [2.45, 2.75) is 19.4 Å². The van der Waals surface area contributed by atoms with Crippen molar-refractivity contribution in [1.82, 2.24) is 29.4 Å².